The number of anilines is 1. The van der Waals surface area contributed by atoms with Crippen molar-refractivity contribution >= 4 is 11.7 Å². The van der Waals surface area contributed by atoms with Gasteiger partial charge in [0, 0.05) is 48.9 Å². The second-order valence-electron chi connectivity index (χ2n) is 8.17. The summed E-state index contributed by atoms with van der Waals surface area (Å²) in [5.41, 5.74) is 10.6. The van der Waals surface area contributed by atoms with Gasteiger partial charge in [-0.05, 0) is 50.3 Å². The third-order valence-corrected chi connectivity index (χ3v) is 6.26. The number of pyridine rings is 1. The fraction of sp³-hybridized carbons (Fsp3) is 0.391. The van der Waals surface area contributed by atoms with Crippen molar-refractivity contribution in [3.63, 3.8) is 0 Å². The minimum Gasteiger partial charge on any atom is -0.465 e. The quantitative estimate of drug-likeness (QED) is 0.718. The van der Waals surface area contributed by atoms with E-state index in [0.717, 1.165) is 71.6 Å². The van der Waals surface area contributed by atoms with Gasteiger partial charge >= 0.3 is 0 Å². The van der Waals surface area contributed by atoms with E-state index < -0.39 is 0 Å². The van der Waals surface area contributed by atoms with Crippen LogP contribution >= 0.6 is 0 Å². The molecule has 0 spiro atoms. The highest BCUT2D eigenvalue weighted by Gasteiger charge is 2.34. The molecular formula is C23H25N5O2. The van der Waals surface area contributed by atoms with Gasteiger partial charge in [0.25, 0.3) is 5.91 Å². The molecular weight excluding hydrogens is 378 g/mol. The van der Waals surface area contributed by atoms with Crippen LogP contribution in [0, 0.1) is 6.92 Å². The second-order valence-corrected chi connectivity index (χ2v) is 8.17. The summed E-state index contributed by atoms with van der Waals surface area (Å²) in [6, 6.07) is 3.75. The standard InChI is InChI=1S/C23H25N5O2/c1-14-21(17-4-2-3-5-19(17)30-14)23(29)28-9-7-16(12-28)22-18(11-25-13-27-22)15-6-8-26-20(24)10-15/h6,8,10-11,13,16H,2-5,7,9,12H2,1H3,(H2,24,26)/t16-/m1/s1. The van der Waals surface area contributed by atoms with Crippen molar-refractivity contribution < 1.29 is 9.21 Å². The van der Waals surface area contributed by atoms with Crippen LogP contribution in [0.1, 0.15) is 58.3 Å². The summed E-state index contributed by atoms with van der Waals surface area (Å²) >= 11 is 0. The number of fused-ring (bicyclic) bond motifs is 1. The number of aryl methyl sites for hydroxylation is 2. The summed E-state index contributed by atoms with van der Waals surface area (Å²) in [4.78, 5) is 28.2. The lowest BCUT2D eigenvalue weighted by molar-refractivity contribution is 0.0788. The molecule has 1 aliphatic heterocycles. The minimum atomic E-state index is 0.0886. The van der Waals surface area contributed by atoms with Gasteiger partial charge in [-0.15, -0.1) is 0 Å². The lowest BCUT2D eigenvalue weighted by Gasteiger charge is -2.19. The van der Waals surface area contributed by atoms with E-state index >= 15 is 0 Å². The fourth-order valence-electron chi connectivity index (χ4n) is 4.81. The molecule has 1 fully saturated rings. The summed E-state index contributed by atoms with van der Waals surface area (Å²) in [7, 11) is 0. The van der Waals surface area contributed by atoms with Crippen molar-refractivity contribution in [1.29, 1.82) is 0 Å². The second kappa shape index (κ2) is 7.55. The number of aromatic nitrogens is 3. The molecule has 0 radical (unpaired) electrons. The van der Waals surface area contributed by atoms with Gasteiger partial charge in [0.05, 0.1) is 11.3 Å². The molecule has 0 saturated carbocycles. The number of rotatable bonds is 3. The average Bonchev–Trinajstić information content (AvgIpc) is 3.37. The summed E-state index contributed by atoms with van der Waals surface area (Å²) < 4.78 is 5.93. The third-order valence-electron chi connectivity index (χ3n) is 6.26. The molecule has 2 aliphatic rings. The van der Waals surface area contributed by atoms with Crippen molar-refractivity contribution in [2.24, 2.45) is 0 Å². The number of nitrogens with zero attached hydrogens (tertiary/aromatic N) is 4. The molecule has 2 N–H and O–H groups in total. The van der Waals surface area contributed by atoms with E-state index in [1.165, 1.54) is 0 Å². The van der Waals surface area contributed by atoms with Crippen LogP contribution in [0.4, 0.5) is 5.82 Å². The molecule has 154 valence electrons. The molecule has 7 nitrogen and oxygen atoms in total. The summed E-state index contributed by atoms with van der Waals surface area (Å²) in [6.45, 7) is 3.27. The van der Waals surface area contributed by atoms with Crippen molar-refractivity contribution in [3.05, 3.63) is 59.2 Å². The smallest absolute Gasteiger partial charge is 0.257 e. The van der Waals surface area contributed by atoms with Gasteiger partial charge in [-0.1, -0.05) is 0 Å². The highest BCUT2D eigenvalue weighted by Crippen LogP contribution is 2.36. The molecule has 3 aromatic heterocycles. The van der Waals surface area contributed by atoms with Gasteiger partial charge < -0.3 is 15.1 Å². The number of furan rings is 1. The molecule has 0 bridgehead atoms. The van der Waals surface area contributed by atoms with E-state index in [1.807, 2.05) is 30.2 Å². The Labute approximate surface area is 175 Å². The van der Waals surface area contributed by atoms with E-state index in [4.69, 9.17) is 10.2 Å². The predicted octanol–water partition coefficient (Wildman–Crippen LogP) is 3.53. The number of hydrogen-bond donors (Lipinski definition) is 1. The first-order valence-corrected chi connectivity index (χ1v) is 10.5. The zero-order valence-corrected chi connectivity index (χ0v) is 17.1. The van der Waals surface area contributed by atoms with Crippen LogP contribution in [0.5, 0.6) is 0 Å². The van der Waals surface area contributed by atoms with Crippen LogP contribution in [-0.2, 0) is 12.8 Å². The van der Waals surface area contributed by atoms with Crippen LogP contribution in [0.3, 0.4) is 0 Å². The van der Waals surface area contributed by atoms with E-state index in [9.17, 15) is 4.79 Å². The Morgan fingerprint density at radius 3 is 3.00 bits per heavy atom. The largest absolute Gasteiger partial charge is 0.465 e. The van der Waals surface area contributed by atoms with Gasteiger partial charge in [-0.25, -0.2) is 15.0 Å². The van der Waals surface area contributed by atoms with Crippen LogP contribution in [0.2, 0.25) is 0 Å². The monoisotopic (exact) mass is 403 g/mol. The van der Waals surface area contributed by atoms with Crippen molar-refractivity contribution in [2.45, 2.75) is 44.9 Å². The van der Waals surface area contributed by atoms with E-state index in [1.54, 1.807) is 12.5 Å². The number of amides is 1. The van der Waals surface area contributed by atoms with Crippen LogP contribution in [0.25, 0.3) is 11.1 Å². The van der Waals surface area contributed by atoms with E-state index in [-0.39, 0.29) is 11.8 Å². The van der Waals surface area contributed by atoms with Gasteiger partial charge in [0.15, 0.2) is 0 Å². The Kier molecular flexibility index (Phi) is 4.73. The lowest BCUT2D eigenvalue weighted by atomic mass is 9.94. The molecule has 30 heavy (non-hydrogen) atoms. The first-order valence-electron chi connectivity index (χ1n) is 10.5. The predicted molar refractivity (Wildman–Crippen MR) is 113 cm³/mol. The van der Waals surface area contributed by atoms with Crippen molar-refractivity contribution in [2.75, 3.05) is 18.8 Å². The number of hydrogen-bond acceptors (Lipinski definition) is 6. The SMILES string of the molecule is Cc1oc2c(c1C(=O)N1CC[C@@H](c3ncncc3-c3ccnc(N)c3)C1)CCCC2. The Morgan fingerprint density at radius 1 is 1.27 bits per heavy atom. The molecule has 1 amide bonds. The molecule has 3 aromatic rings. The topological polar surface area (TPSA) is 98.1 Å². The summed E-state index contributed by atoms with van der Waals surface area (Å²) in [5.74, 6) is 2.47. The van der Waals surface area contributed by atoms with Crippen LogP contribution in [-0.4, -0.2) is 38.8 Å². The third kappa shape index (κ3) is 3.24. The van der Waals surface area contributed by atoms with E-state index in [0.29, 0.717) is 18.9 Å². The average molecular weight is 403 g/mol. The number of likely N-dealkylation sites (tertiary alicyclic amines) is 1. The molecule has 5 rings (SSSR count). The highest BCUT2D eigenvalue weighted by atomic mass is 16.3. The van der Waals surface area contributed by atoms with Crippen LogP contribution in [0.15, 0.2) is 35.3 Å². The van der Waals surface area contributed by atoms with E-state index in [2.05, 4.69) is 15.0 Å². The first-order chi connectivity index (χ1) is 14.6. The maximum atomic E-state index is 13.4. The lowest BCUT2D eigenvalue weighted by Crippen LogP contribution is -2.29. The Balaban J connectivity index is 1.41. The number of nitrogen functional groups attached to an aromatic ring is 1. The first kappa shape index (κ1) is 18.8. The molecule has 1 atom stereocenters. The zero-order valence-electron chi connectivity index (χ0n) is 17.1. The Morgan fingerprint density at radius 2 is 2.13 bits per heavy atom. The molecule has 1 aliphatic carbocycles. The maximum absolute atomic E-state index is 13.4. The fourth-order valence-corrected chi connectivity index (χ4v) is 4.81. The molecule has 4 heterocycles. The van der Waals surface area contributed by atoms with Crippen molar-refractivity contribution in [3.8, 4) is 11.1 Å². The van der Waals surface area contributed by atoms with Gasteiger partial charge in [0.2, 0.25) is 0 Å². The van der Waals surface area contributed by atoms with Gasteiger partial charge in [-0.3, -0.25) is 4.79 Å². The summed E-state index contributed by atoms with van der Waals surface area (Å²) in [5, 5.41) is 0. The number of nitrogens with two attached hydrogens (primary N) is 1. The normalized spacial score (nSPS) is 18.4. The van der Waals surface area contributed by atoms with Crippen molar-refractivity contribution in [1.82, 2.24) is 19.9 Å². The molecule has 0 unspecified atom stereocenters. The molecule has 1 saturated heterocycles. The molecule has 0 aromatic carbocycles. The zero-order chi connectivity index (χ0) is 20.7. The maximum Gasteiger partial charge on any atom is 0.257 e. The Bertz CT molecular complexity index is 1110. The number of carbonyl (C=O) groups excluding carboxylic acids is 1. The Hall–Kier alpha value is -3.22. The summed E-state index contributed by atoms with van der Waals surface area (Å²) in [6.07, 6.45) is 10.1. The van der Waals surface area contributed by atoms with Gasteiger partial charge in [0.1, 0.15) is 23.7 Å². The minimum absolute atomic E-state index is 0.0886. The highest BCUT2D eigenvalue weighted by molar-refractivity contribution is 5.97. The van der Waals surface area contributed by atoms with Gasteiger partial charge in [-0.2, -0.15) is 0 Å². The van der Waals surface area contributed by atoms with Crippen LogP contribution < -0.4 is 5.73 Å². The molecule has 7 heteroatoms. The number of carbonyl (C=O) groups is 1.